The van der Waals surface area contributed by atoms with E-state index in [2.05, 4.69) is 24.1 Å². The van der Waals surface area contributed by atoms with Crippen molar-refractivity contribution in [3.8, 4) is 16.8 Å². The fourth-order valence-corrected chi connectivity index (χ4v) is 3.61. The van der Waals surface area contributed by atoms with Crippen LogP contribution in [-0.2, 0) is 0 Å². The number of aromatic nitrogens is 2. The van der Waals surface area contributed by atoms with Gasteiger partial charge in [0.1, 0.15) is 5.69 Å². The lowest BCUT2D eigenvalue weighted by molar-refractivity contribution is 0.0925. The lowest BCUT2D eigenvalue weighted by Gasteiger charge is -2.18. The topological polar surface area (TPSA) is 46.9 Å². The van der Waals surface area contributed by atoms with E-state index in [0.717, 1.165) is 42.5 Å². The Morgan fingerprint density at radius 3 is 2.43 bits per heavy atom. The van der Waals surface area contributed by atoms with Gasteiger partial charge in [-0.25, -0.2) is 4.98 Å². The Hall–Kier alpha value is -2.59. The van der Waals surface area contributed by atoms with E-state index in [1.807, 2.05) is 53.1 Å². The highest BCUT2D eigenvalue weighted by atomic mass is 35.5. The Kier molecular flexibility index (Phi) is 6.88. The quantitative estimate of drug-likeness (QED) is 0.516. The first-order chi connectivity index (χ1) is 13.6. The molecule has 5 heteroatoms. The van der Waals surface area contributed by atoms with Crippen molar-refractivity contribution in [1.82, 2.24) is 14.9 Å². The molecule has 0 unspecified atom stereocenters. The van der Waals surface area contributed by atoms with Gasteiger partial charge in [0.05, 0.1) is 12.5 Å². The third-order valence-electron chi connectivity index (χ3n) is 4.76. The number of hydrogen-bond donors (Lipinski definition) is 1. The van der Waals surface area contributed by atoms with E-state index in [9.17, 15) is 4.79 Å². The smallest absolute Gasteiger partial charge is 0.270 e. The summed E-state index contributed by atoms with van der Waals surface area (Å²) in [5.41, 5.74) is 3.50. The number of hydrogen-bond acceptors (Lipinski definition) is 2. The van der Waals surface area contributed by atoms with Gasteiger partial charge in [-0.2, -0.15) is 0 Å². The summed E-state index contributed by atoms with van der Waals surface area (Å²) < 4.78 is 1.83. The standard InChI is InChI=1S/C23H26ClN3O/c1-3-7-20(8-4-2)26-23(28)22-15-25-16-27(22)21-12-6-10-18(14-21)17-9-5-11-19(24)13-17/h5-6,9-16,20H,3-4,7-8H2,1-2H3,(H,26,28). The molecule has 0 saturated heterocycles. The molecule has 0 atom stereocenters. The molecule has 3 aromatic rings. The summed E-state index contributed by atoms with van der Waals surface area (Å²) in [5, 5.41) is 3.87. The Bertz CT molecular complexity index is 929. The predicted octanol–water partition coefficient (Wildman–Crippen LogP) is 5.89. The molecule has 0 bridgehead atoms. The van der Waals surface area contributed by atoms with Crippen molar-refractivity contribution in [1.29, 1.82) is 0 Å². The van der Waals surface area contributed by atoms with Crippen molar-refractivity contribution in [2.45, 2.75) is 45.6 Å². The lowest BCUT2D eigenvalue weighted by atomic mass is 10.1. The van der Waals surface area contributed by atoms with Gasteiger partial charge in [-0.3, -0.25) is 9.36 Å². The van der Waals surface area contributed by atoms with Crippen LogP contribution in [0, 0.1) is 0 Å². The van der Waals surface area contributed by atoms with Crippen LogP contribution in [0.2, 0.25) is 5.02 Å². The van der Waals surface area contributed by atoms with Crippen LogP contribution in [0.3, 0.4) is 0 Å². The van der Waals surface area contributed by atoms with Crippen LogP contribution in [-0.4, -0.2) is 21.5 Å². The monoisotopic (exact) mass is 395 g/mol. The Labute approximate surface area is 171 Å². The molecule has 4 nitrogen and oxygen atoms in total. The zero-order valence-corrected chi connectivity index (χ0v) is 17.1. The van der Waals surface area contributed by atoms with Crippen molar-refractivity contribution >= 4 is 17.5 Å². The molecule has 1 amide bonds. The molecule has 0 aliphatic heterocycles. The number of nitrogens with one attached hydrogen (secondary N) is 1. The van der Waals surface area contributed by atoms with Gasteiger partial charge in [-0.05, 0) is 48.2 Å². The minimum absolute atomic E-state index is 0.0856. The van der Waals surface area contributed by atoms with Crippen LogP contribution in [0.25, 0.3) is 16.8 Å². The fourth-order valence-electron chi connectivity index (χ4n) is 3.42. The molecule has 0 fully saturated rings. The van der Waals surface area contributed by atoms with Crippen molar-refractivity contribution in [3.05, 3.63) is 71.8 Å². The summed E-state index contributed by atoms with van der Waals surface area (Å²) >= 11 is 6.13. The number of amides is 1. The third-order valence-corrected chi connectivity index (χ3v) is 5.00. The zero-order chi connectivity index (χ0) is 19.9. The van der Waals surface area contributed by atoms with E-state index in [0.29, 0.717) is 10.7 Å². The molecule has 1 aromatic heterocycles. The maximum absolute atomic E-state index is 12.9. The molecule has 1 N–H and O–H groups in total. The summed E-state index contributed by atoms with van der Waals surface area (Å²) in [6.45, 7) is 4.28. The minimum atomic E-state index is -0.0856. The molecule has 0 aliphatic rings. The lowest BCUT2D eigenvalue weighted by Crippen LogP contribution is -2.35. The largest absolute Gasteiger partial charge is 0.348 e. The van der Waals surface area contributed by atoms with Crippen LogP contribution in [0.15, 0.2) is 61.1 Å². The number of nitrogens with zero attached hydrogens (tertiary/aromatic N) is 2. The van der Waals surface area contributed by atoms with Crippen LogP contribution in [0.4, 0.5) is 0 Å². The summed E-state index contributed by atoms with van der Waals surface area (Å²) in [7, 11) is 0. The normalized spacial score (nSPS) is 11.0. The zero-order valence-electron chi connectivity index (χ0n) is 16.4. The second kappa shape index (κ2) is 9.56. The van der Waals surface area contributed by atoms with Crippen LogP contribution >= 0.6 is 11.6 Å². The van der Waals surface area contributed by atoms with E-state index in [4.69, 9.17) is 11.6 Å². The number of carbonyl (C=O) groups excluding carboxylic acids is 1. The number of rotatable bonds is 8. The minimum Gasteiger partial charge on any atom is -0.348 e. The highest BCUT2D eigenvalue weighted by Gasteiger charge is 2.17. The highest BCUT2D eigenvalue weighted by Crippen LogP contribution is 2.25. The average molecular weight is 396 g/mol. The molecule has 3 rings (SSSR count). The first-order valence-corrected chi connectivity index (χ1v) is 10.2. The second-order valence-corrected chi connectivity index (χ2v) is 7.39. The molecule has 0 spiro atoms. The van der Waals surface area contributed by atoms with E-state index in [-0.39, 0.29) is 11.9 Å². The molecule has 0 radical (unpaired) electrons. The molecular weight excluding hydrogens is 370 g/mol. The van der Waals surface area contributed by atoms with Gasteiger partial charge in [-0.1, -0.05) is 62.6 Å². The summed E-state index contributed by atoms with van der Waals surface area (Å²) in [6, 6.07) is 16.0. The molecule has 0 aliphatic carbocycles. The summed E-state index contributed by atoms with van der Waals surface area (Å²) in [5.74, 6) is -0.0856. The van der Waals surface area contributed by atoms with Crippen molar-refractivity contribution in [2.24, 2.45) is 0 Å². The van der Waals surface area contributed by atoms with Gasteiger partial charge < -0.3 is 5.32 Å². The molecule has 28 heavy (non-hydrogen) atoms. The van der Waals surface area contributed by atoms with E-state index in [1.165, 1.54) is 0 Å². The Morgan fingerprint density at radius 1 is 1.07 bits per heavy atom. The maximum atomic E-state index is 12.9. The van der Waals surface area contributed by atoms with Gasteiger partial charge >= 0.3 is 0 Å². The average Bonchev–Trinajstić information content (AvgIpc) is 3.18. The second-order valence-electron chi connectivity index (χ2n) is 6.96. The van der Waals surface area contributed by atoms with Crippen molar-refractivity contribution in [2.75, 3.05) is 0 Å². The van der Waals surface area contributed by atoms with Crippen molar-refractivity contribution in [3.63, 3.8) is 0 Å². The van der Waals surface area contributed by atoms with E-state index >= 15 is 0 Å². The predicted molar refractivity (Wildman–Crippen MR) is 115 cm³/mol. The van der Waals surface area contributed by atoms with Gasteiger partial charge in [0, 0.05) is 16.8 Å². The number of halogens is 1. The number of imidazole rings is 1. The fraction of sp³-hybridized carbons (Fsp3) is 0.304. The maximum Gasteiger partial charge on any atom is 0.270 e. The van der Waals surface area contributed by atoms with Gasteiger partial charge in [0.2, 0.25) is 0 Å². The number of carbonyl (C=O) groups is 1. The van der Waals surface area contributed by atoms with Crippen LogP contribution in [0.1, 0.15) is 50.0 Å². The van der Waals surface area contributed by atoms with E-state index < -0.39 is 0 Å². The molecule has 0 saturated carbocycles. The number of benzene rings is 2. The third kappa shape index (κ3) is 4.82. The molecular formula is C23H26ClN3O. The van der Waals surface area contributed by atoms with Crippen LogP contribution < -0.4 is 5.32 Å². The molecule has 1 heterocycles. The van der Waals surface area contributed by atoms with Gasteiger partial charge in [-0.15, -0.1) is 0 Å². The Balaban J connectivity index is 1.87. The first-order valence-electron chi connectivity index (χ1n) is 9.82. The molecule has 2 aromatic carbocycles. The Morgan fingerprint density at radius 2 is 1.75 bits per heavy atom. The van der Waals surface area contributed by atoms with E-state index in [1.54, 1.807) is 12.5 Å². The highest BCUT2D eigenvalue weighted by molar-refractivity contribution is 6.30. The van der Waals surface area contributed by atoms with Crippen molar-refractivity contribution < 1.29 is 4.79 Å². The van der Waals surface area contributed by atoms with Gasteiger partial charge in [0.15, 0.2) is 0 Å². The summed E-state index contributed by atoms with van der Waals surface area (Å²) in [6.07, 6.45) is 7.37. The summed E-state index contributed by atoms with van der Waals surface area (Å²) in [4.78, 5) is 17.1. The first kappa shape index (κ1) is 20.2. The molecule has 146 valence electrons. The van der Waals surface area contributed by atoms with Gasteiger partial charge in [0.25, 0.3) is 5.91 Å². The van der Waals surface area contributed by atoms with Crippen LogP contribution in [0.5, 0.6) is 0 Å². The SMILES string of the molecule is CCCC(CCC)NC(=O)c1cncn1-c1cccc(-c2cccc(Cl)c2)c1.